The zero-order chi connectivity index (χ0) is 13.2. The summed E-state index contributed by atoms with van der Waals surface area (Å²) in [4.78, 5) is 2.31. The summed E-state index contributed by atoms with van der Waals surface area (Å²) in [6.45, 7) is 6.76. The fraction of sp³-hybridized carbons (Fsp3) is 0.600. The summed E-state index contributed by atoms with van der Waals surface area (Å²) in [5.74, 6) is 0.987. The third-order valence-corrected chi connectivity index (χ3v) is 3.47. The van der Waals surface area contributed by atoms with Crippen molar-refractivity contribution in [1.29, 1.82) is 0 Å². The number of ether oxygens (including phenoxy) is 1. The average Bonchev–Trinajstić information content (AvgIpc) is 3.00. The van der Waals surface area contributed by atoms with E-state index in [1.165, 1.54) is 24.0 Å². The van der Waals surface area contributed by atoms with E-state index in [4.69, 9.17) is 10.5 Å². The second kappa shape index (κ2) is 5.29. The van der Waals surface area contributed by atoms with Crippen molar-refractivity contribution in [3.63, 3.8) is 0 Å². The molecule has 18 heavy (non-hydrogen) atoms. The van der Waals surface area contributed by atoms with Crippen molar-refractivity contribution >= 4 is 0 Å². The average molecular weight is 248 g/mol. The molecule has 1 aliphatic carbocycles. The van der Waals surface area contributed by atoms with Crippen molar-refractivity contribution in [3.05, 3.63) is 29.3 Å². The number of nitrogens with two attached hydrogens (primary N) is 1. The Morgan fingerprint density at radius 2 is 2.11 bits per heavy atom. The first kappa shape index (κ1) is 13.4. The lowest BCUT2D eigenvalue weighted by molar-refractivity contribution is 0.295. The van der Waals surface area contributed by atoms with Crippen molar-refractivity contribution in [2.45, 2.75) is 38.8 Å². The lowest BCUT2D eigenvalue weighted by atomic mass is 10.1. The van der Waals surface area contributed by atoms with Gasteiger partial charge >= 0.3 is 0 Å². The normalized spacial score (nSPS) is 16.9. The molecular weight excluding hydrogens is 224 g/mol. The van der Waals surface area contributed by atoms with Gasteiger partial charge in [0.1, 0.15) is 5.75 Å². The Bertz CT molecular complexity index is 413. The predicted molar refractivity (Wildman–Crippen MR) is 74.8 cm³/mol. The molecule has 0 saturated heterocycles. The fourth-order valence-corrected chi connectivity index (χ4v) is 2.35. The molecule has 0 radical (unpaired) electrons. The van der Waals surface area contributed by atoms with Crippen LogP contribution in [0.2, 0.25) is 0 Å². The maximum absolute atomic E-state index is 6.13. The molecule has 0 aromatic heterocycles. The van der Waals surface area contributed by atoms with Gasteiger partial charge in [-0.1, -0.05) is 12.1 Å². The molecule has 0 aliphatic heterocycles. The molecule has 0 atom stereocenters. The number of likely N-dealkylation sites (N-methyl/N-ethyl adjacent to an activating group) is 1. The molecule has 2 N–H and O–H groups in total. The highest BCUT2D eigenvalue weighted by Gasteiger charge is 2.38. The second-order valence-electron chi connectivity index (χ2n) is 5.57. The topological polar surface area (TPSA) is 38.5 Å². The quantitative estimate of drug-likeness (QED) is 0.839. The Morgan fingerprint density at radius 1 is 1.39 bits per heavy atom. The van der Waals surface area contributed by atoms with Gasteiger partial charge in [0.05, 0.1) is 6.61 Å². The van der Waals surface area contributed by atoms with Gasteiger partial charge in [-0.25, -0.2) is 0 Å². The van der Waals surface area contributed by atoms with Gasteiger partial charge in [0, 0.05) is 18.6 Å². The summed E-state index contributed by atoms with van der Waals surface area (Å²) in [6.07, 6.45) is 2.33. The van der Waals surface area contributed by atoms with Crippen LogP contribution >= 0.6 is 0 Å². The molecule has 0 heterocycles. The van der Waals surface area contributed by atoms with E-state index in [0.717, 1.165) is 25.4 Å². The monoisotopic (exact) mass is 248 g/mol. The van der Waals surface area contributed by atoms with Gasteiger partial charge < -0.3 is 15.4 Å². The zero-order valence-corrected chi connectivity index (χ0v) is 11.7. The van der Waals surface area contributed by atoms with E-state index in [0.29, 0.717) is 0 Å². The molecule has 1 aliphatic rings. The largest absolute Gasteiger partial charge is 0.494 e. The van der Waals surface area contributed by atoms with Crippen LogP contribution in [0.3, 0.4) is 0 Å². The molecule has 0 bridgehead atoms. The van der Waals surface area contributed by atoms with E-state index >= 15 is 0 Å². The number of aryl methyl sites for hydroxylation is 1. The zero-order valence-electron chi connectivity index (χ0n) is 11.7. The van der Waals surface area contributed by atoms with Gasteiger partial charge in [0.15, 0.2) is 0 Å². The minimum Gasteiger partial charge on any atom is -0.494 e. The summed E-state index contributed by atoms with van der Waals surface area (Å²) in [5.41, 5.74) is 8.75. The molecule has 100 valence electrons. The highest BCUT2D eigenvalue weighted by atomic mass is 16.5. The molecule has 3 heteroatoms. The number of hydrogen-bond donors (Lipinski definition) is 1. The van der Waals surface area contributed by atoms with Crippen molar-refractivity contribution < 1.29 is 4.74 Å². The summed E-state index contributed by atoms with van der Waals surface area (Å²) in [5, 5.41) is 0. The van der Waals surface area contributed by atoms with Gasteiger partial charge in [-0.15, -0.1) is 0 Å². The number of rotatable bonds is 6. The third-order valence-electron chi connectivity index (χ3n) is 3.47. The van der Waals surface area contributed by atoms with Crippen LogP contribution in [0, 0.1) is 6.92 Å². The Morgan fingerprint density at radius 3 is 2.67 bits per heavy atom. The molecule has 0 spiro atoms. The smallest absolute Gasteiger partial charge is 0.122 e. The standard InChI is InChI=1S/C15H24N2O/c1-4-18-14-6-5-13(9-12(14)2)10-17(3)11-15(16)7-8-15/h5-6,9H,4,7-8,10-11,16H2,1-3H3. The summed E-state index contributed by atoms with van der Waals surface area (Å²) < 4.78 is 5.55. The van der Waals surface area contributed by atoms with Gasteiger partial charge in [-0.05, 0) is 50.9 Å². The number of benzene rings is 1. The lowest BCUT2D eigenvalue weighted by Gasteiger charge is -2.21. The maximum atomic E-state index is 6.13. The minimum atomic E-state index is 0.0923. The molecule has 2 rings (SSSR count). The van der Waals surface area contributed by atoms with Crippen molar-refractivity contribution in [2.24, 2.45) is 5.73 Å². The highest BCUT2D eigenvalue weighted by Crippen LogP contribution is 2.33. The Labute approximate surface area is 110 Å². The van der Waals surface area contributed by atoms with Gasteiger partial charge in [0.25, 0.3) is 0 Å². The molecule has 3 nitrogen and oxygen atoms in total. The maximum Gasteiger partial charge on any atom is 0.122 e. The molecule has 1 saturated carbocycles. The SMILES string of the molecule is CCOc1ccc(CN(C)CC2(N)CC2)cc1C. The van der Waals surface area contributed by atoms with Crippen LogP contribution in [-0.2, 0) is 6.54 Å². The van der Waals surface area contributed by atoms with Crippen LogP contribution in [0.25, 0.3) is 0 Å². The number of hydrogen-bond acceptors (Lipinski definition) is 3. The van der Waals surface area contributed by atoms with Gasteiger partial charge in [-0.3, -0.25) is 0 Å². The van der Waals surface area contributed by atoms with E-state index in [2.05, 4.69) is 37.1 Å². The van der Waals surface area contributed by atoms with E-state index < -0.39 is 0 Å². The van der Waals surface area contributed by atoms with Crippen molar-refractivity contribution in [2.75, 3.05) is 20.2 Å². The summed E-state index contributed by atoms with van der Waals surface area (Å²) >= 11 is 0. The Hall–Kier alpha value is -1.06. The van der Waals surface area contributed by atoms with Crippen molar-refractivity contribution in [3.8, 4) is 5.75 Å². The second-order valence-corrected chi connectivity index (χ2v) is 5.57. The first-order valence-electron chi connectivity index (χ1n) is 6.72. The lowest BCUT2D eigenvalue weighted by Crippen LogP contribution is -2.36. The van der Waals surface area contributed by atoms with Crippen LogP contribution in [0.1, 0.15) is 30.9 Å². The minimum absolute atomic E-state index is 0.0923. The van der Waals surface area contributed by atoms with Gasteiger partial charge in [-0.2, -0.15) is 0 Å². The fourth-order valence-electron chi connectivity index (χ4n) is 2.35. The van der Waals surface area contributed by atoms with Crippen molar-refractivity contribution in [1.82, 2.24) is 4.90 Å². The van der Waals surface area contributed by atoms with Crippen LogP contribution in [-0.4, -0.2) is 30.6 Å². The van der Waals surface area contributed by atoms with E-state index in [1.807, 2.05) is 6.92 Å². The van der Waals surface area contributed by atoms with Crippen LogP contribution in [0.5, 0.6) is 5.75 Å². The predicted octanol–water partition coefficient (Wildman–Crippen LogP) is 2.32. The Balaban J connectivity index is 1.94. The van der Waals surface area contributed by atoms with E-state index in [9.17, 15) is 0 Å². The summed E-state index contributed by atoms with van der Waals surface area (Å²) in [7, 11) is 2.14. The summed E-state index contributed by atoms with van der Waals surface area (Å²) in [6, 6.07) is 6.42. The van der Waals surface area contributed by atoms with Crippen LogP contribution in [0.15, 0.2) is 18.2 Å². The number of nitrogens with zero attached hydrogens (tertiary/aromatic N) is 1. The molecule has 1 aromatic carbocycles. The Kier molecular flexibility index (Phi) is 3.93. The highest BCUT2D eigenvalue weighted by molar-refractivity contribution is 5.36. The molecular formula is C15H24N2O. The van der Waals surface area contributed by atoms with Gasteiger partial charge in [0.2, 0.25) is 0 Å². The van der Waals surface area contributed by atoms with Crippen LogP contribution < -0.4 is 10.5 Å². The van der Waals surface area contributed by atoms with E-state index in [-0.39, 0.29) is 5.54 Å². The van der Waals surface area contributed by atoms with E-state index in [1.54, 1.807) is 0 Å². The first-order valence-corrected chi connectivity index (χ1v) is 6.72. The molecule has 0 amide bonds. The third kappa shape index (κ3) is 3.47. The first-order chi connectivity index (χ1) is 8.52. The van der Waals surface area contributed by atoms with Crippen LogP contribution in [0.4, 0.5) is 0 Å². The molecule has 1 aromatic rings. The molecule has 0 unspecified atom stereocenters. The molecule has 1 fully saturated rings.